The molecule has 0 aromatic carbocycles. The molecule has 0 bridgehead atoms. The van der Waals surface area contributed by atoms with Gasteiger partial charge in [0.05, 0.1) is 48.3 Å². The molecule has 2 N–H and O–H groups in total. The summed E-state index contributed by atoms with van der Waals surface area (Å²) in [6.07, 6.45) is 4.07. The molecule has 346 valence electrons. The van der Waals surface area contributed by atoms with Gasteiger partial charge in [-0.2, -0.15) is 0 Å². The lowest BCUT2D eigenvalue weighted by Gasteiger charge is -2.63. The number of aliphatic hydroxyl groups is 2. The van der Waals surface area contributed by atoms with E-state index in [0.717, 1.165) is 19.3 Å². The lowest BCUT2D eigenvalue weighted by Crippen LogP contribution is -2.66. The zero-order chi connectivity index (χ0) is 44.2. The summed E-state index contributed by atoms with van der Waals surface area (Å²) in [6.45, 7) is 15.2. The molecule has 3 aliphatic heterocycles. The average molecular weight is 863 g/mol. The molecule has 0 amide bonds. The van der Waals surface area contributed by atoms with E-state index in [1.54, 1.807) is 48.2 Å². The van der Waals surface area contributed by atoms with Gasteiger partial charge in [-0.1, -0.05) is 31.6 Å². The van der Waals surface area contributed by atoms with Crippen LogP contribution in [0, 0.1) is 28.6 Å². The molecule has 3 heterocycles. The number of rotatable bonds is 12. The highest BCUT2D eigenvalue weighted by atomic mass is 16.7. The fraction of sp³-hybridized carbons (Fsp3) is 0.872. The number of carbonyl (C=O) groups excluding carboxylic acids is 2. The molecular weight excluding hydrogens is 789 g/mol. The van der Waals surface area contributed by atoms with Gasteiger partial charge in [0.1, 0.15) is 30.2 Å². The Morgan fingerprint density at radius 2 is 1.33 bits per heavy atom. The van der Waals surface area contributed by atoms with Crippen molar-refractivity contribution in [2.45, 2.75) is 211 Å². The Hall–Kier alpha value is -1.82. The summed E-state index contributed by atoms with van der Waals surface area (Å²) in [7, 11) is 4.91. The van der Waals surface area contributed by atoms with Crippen molar-refractivity contribution >= 4 is 11.8 Å². The van der Waals surface area contributed by atoms with Gasteiger partial charge in [0.2, 0.25) is 0 Å². The van der Waals surface area contributed by atoms with Crippen LogP contribution in [0.1, 0.15) is 120 Å². The molecule has 14 heteroatoms. The molecule has 3 saturated carbocycles. The van der Waals surface area contributed by atoms with Crippen LogP contribution in [-0.4, -0.2) is 135 Å². The van der Waals surface area contributed by atoms with Crippen molar-refractivity contribution in [3.05, 3.63) is 23.3 Å². The molecule has 14 nitrogen and oxygen atoms in total. The van der Waals surface area contributed by atoms with Crippen LogP contribution in [0.25, 0.3) is 0 Å². The van der Waals surface area contributed by atoms with Gasteiger partial charge in [0.25, 0.3) is 0 Å². The summed E-state index contributed by atoms with van der Waals surface area (Å²) in [5, 5.41) is 23.2. The van der Waals surface area contributed by atoms with Crippen LogP contribution in [0.2, 0.25) is 0 Å². The Kier molecular flexibility index (Phi) is 14.4. The first kappa shape index (κ1) is 47.2. The summed E-state index contributed by atoms with van der Waals surface area (Å²) in [6, 6.07) is 0. The summed E-state index contributed by atoms with van der Waals surface area (Å²) < 4.78 is 62.4. The topological polar surface area (TPSA) is 167 Å². The third-order valence-corrected chi connectivity index (χ3v) is 16.6. The number of carbonyl (C=O) groups is 2. The highest BCUT2D eigenvalue weighted by Gasteiger charge is 2.71. The summed E-state index contributed by atoms with van der Waals surface area (Å²) in [5.41, 5.74) is -0.384. The van der Waals surface area contributed by atoms with Crippen LogP contribution < -0.4 is 0 Å². The van der Waals surface area contributed by atoms with E-state index in [2.05, 4.69) is 13.0 Å². The third-order valence-electron chi connectivity index (χ3n) is 16.6. The molecule has 7 aliphatic rings. The highest BCUT2D eigenvalue weighted by molar-refractivity contribution is 5.88. The maximum atomic E-state index is 13.3. The molecule has 3 saturated heterocycles. The predicted molar refractivity (Wildman–Crippen MR) is 222 cm³/mol. The summed E-state index contributed by atoms with van der Waals surface area (Å²) >= 11 is 0. The number of aliphatic hydroxyl groups excluding tert-OH is 1. The molecule has 0 spiro atoms. The minimum atomic E-state index is -1.14. The van der Waals surface area contributed by atoms with Crippen molar-refractivity contribution in [3.63, 3.8) is 0 Å². The van der Waals surface area contributed by atoms with Crippen LogP contribution in [0.5, 0.6) is 0 Å². The van der Waals surface area contributed by atoms with Gasteiger partial charge < -0.3 is 57.6 Å². The van der Waals surface area contributed by atoms with Crippen LogP contribution in [0.3, 0.4) is 0 Å². The van der Waals surface area contributed by atoms with Gasteiger partial charge in [-0.3, -0.25) is 4.79 Å². The average Bonchev–Trinajstić information content (AvgIpc) is 3.52. The standard InChI is InChI=1S/C47H74O14/c1-12-24(2)44(50)59-37-20-33-32(47(51)18-16-31(25(3)48)46(37,47)8)14-13-29-19-30(15-17-45(29,33)7)58-38-22-35(53-10)42(27(5)56-38)61-40-23-36(54-11)43(28(6)57-40)60-39-21-34(52-9)41(49)26(4)55-39/h12-13,26-28,30-43,49,51H,14-23H2,1-11H3/b24-12+/t26-,27-,28-,30+,31-,32?,33?,34-,35+,36+,37-,38+,39+,40+,41-,42?,43?,45+,46+,47+/m1/s1. The number of esters is 1. The number of Topliss-reactive ketones (excluding diaryl/α,β-unsaturated/α-hetero) is 1. The monoisotopic (exact) mass is 863 g/mol. The number of ketones is 1. The van der Waals surface area contributed by atoms with Crippen LogP contribution in [-0.2, 0) is 57.0 Å². The van der Waals surface area contributed by atoms with E-state index in [1.165, 1.54) is 5.57 Å². The van der Waals surface area contributed by atoms with Crippen molar-refractivity contribution < 1.29 is 67.2 Å². The quantitative estimate of drug-likeness (QED) is 0.139. The number of methoxy groups -OCH3 is 3. The van der Waals surface area contributed by atoms with Crippen molar-refractivity contribution in [1.29, 1.82) is 0 Å². The number of hydrogen-bond donors (Lipinski definition) is 2. The first-order chi connectivity index (χ1) is 28.9. The van der Waals surface area contributed by atoms with Gasteiger partial charge in [0, 0.05) is 57.5 Å². The fourth-order valence-corrected chi connectivity index (χ4v) is 12.7. The third kappa shape index (κ3) is 8.59. The van der Waals surface area contributed by atoms with Crippen molar-refractivity contribution in [2.75, 3.05) is 21.3 Å². The van der Waals surface area contributed by atoms with E-state index >= 15 is 0 Å². The summed E-state index contributed by atoms with van der Waals surface area (Å²) in [5.74, 6) is -0.680. The molecule has 0 radical (unpaired) electrons. The molecule has 6 fully saturated rings. The SMILES string of the molecule is C/C=C(\C)C(=O)O[C@@H]1CC2C(CC=C3C[C@@H](O[C@H]4C[C@H](OC)C(O[C@H]5C[C@H](OC)C(O[C@H]6C[C@@H](OC)[C@H](O)[C@@H](C)O6)[C@@H](C)O5)[C@@H](C)O4)CC[C@@]32C)[C@@]2(O)CC[C@H](C(C)=O)[C@@]12C. The molecule has 4 unspecified atom stereocenters. The maximum Gasteiger partial charge on any atom is 0.333 e. The van der Waals surface area contributed by atoms with Crippen molar-refractivity contribution in [1.82, 2.24) is 0 Å². The number of fused-ring (bicyclic) bond motifs is 5. The highest BCUT2D eigenvalue weighted by Crippen LogP contribution is 2.68. The number of hydrogen-bond acceptors (Lipinski definition) is 14. The lowest BCUT2D eigenvalue weighted by atomic mass is 9.45. The van der Waals surface area contributed by atoms with E-state index < -0.39 is 66.5 Å². The molecule has 0 aromatic heterocycles. The van der Waals surface area contributed by atoms with Crippen molar-refractivity contribution in [2.24, 2.45) is 28.6 Å². The number of ether oxygens (including phenoxy) is 10. The van der Waals surface area contributed by atoms with Gasteiger partial charge in [-0.05, 0) is 104 Å². The van der Waals surface area contributed by atoms with Gasteiger partial charge in [0.15, 0.2) is 18.9 Å². The van der Waals surface area contributed by atoms with Gasteiger partial charge in [-0.25, -0.2) is 4.79 Å². The summed E-state index contributed by atoms with van der Waals surface area (Å²) in [4.78, 5) is 26.4. The van der Waals surface area contributed by atoms with Crippen molar-refractivity contribution in [3.8, 4) is 0 Å². The minimum Gasteiger partial charge on any atom is -0.458 e. The van der Waals surface area contributed by atoms with E-state index in [-0.39, 0.29) is 65.4 Å². The maximum absolute atomic E-state index is 13.3. The van der Waals surface area contributed by atoms with Crippen LogP contribution >= 0.6 is 0 Å². The van der Waals surface area contributed by atoms with Crippen LogP contribution in [0.4, 0.5) is 0 Å². The van der Waals surface area contributed by atoms with E-state index in [1.807, 2.05) is 27.7 Å². The second-order valence-corrected chi connectivity index (χ2v) is 19.6. The largest absolute Gasteiger partial charge is 0.458 e. The Balaban J connectivity index is 0.977. The minimum absolute atomic E-state index is 0.0463. The van der Waals surface area contributed by atoms with E-state index in [0.29, 0.717) is 50.5 Å². The molecule has 20 atom stereocenters. The van der Waals surface area contributed by atoms with Crippen LogP contribution in [0.15, 0.2) is 23.3 Å². The first-order valence-electron chi connectivity index (χ1n) is 22.9. The number of allylic oxidation sites excluding steroid dienone is 2. The molecule has 4 aliphatic carbocycles. The second kappa shape index (κ2) is 18.6. The lowest BCUT2D eigenvalue weighted by molar-refractivity contribution is -0.338. The smallest absolute Gasteiger partial charge is 0.333 e. The Morgan fingerprint density at radius 3 is 1.89 bits per heavy atom. The van der Waals surface area contributed by atoms with E-state index in [4.69, 9.17) is 47.4 Å². The predicted octanol–water partition coefficient (Wildman–Crippen LogP) is 5.72. The Bertz CT molecular complexity index is 1640. The molecule has 7 rings (SSSR count). The van der Waals surface area contributed by atoms with Gasteiger partial charge >= 0.3 is 5.97 Å². The molecule has 0 aromatic rings. The fourth-order valence-electron chi connectivity index (χ4n) is 12.7. The molecule has 61 heavy (non-hydrogen) atoms. The Labute approximate surface area is 362 Å². The Morgan fingerprint density at radius 1 is 0.770 bits per heavy atom. The van der Waals surface area contributed by atoms with Gasteiger partial charge in [-0.15, -0.1) is 0 Å². The zero-order valence-electron chi connectivity index (χ0n) is 38.3. The second-order valence-electron chi connectivity index (χ2n) is 19.6. The first-order valence-corrected chi connectivity index (χ1v) is 22.9. The molecular formula is C47H74O14. The zero-order valence-corrected chi connectivity index (χ0v) is 38.3. The van der Waals surface area contributed by atoms with E-state index in [9.17, 15) is 19.8 Å². The normalized spacial score (nSPS) is 49.0.